The first-order valence-electron chi connectivity index (χ1n) is 8.53. The highest BCUT2D eigenvalue weighted by Crippen LogP contribution is 2.06. The van der Waals surface area contributed by atoms with Gasteiger partial charge in [0.15, 0.2) is 5.96 Å². The van der Waals surface area contributed by atoms with Crippen molar-refractivity contribution in [3.8, 4) is 0 Å². The third kappa shape index (κ3) is 11.9. The molecule has 0 spiro atoms. The number of amides is 1. The number of halogens is 2. The fourth-order valence-electron chi connectivity index (χ4n) is 1.95. The van der Waals surface area contributed by atoms with Crippen LogP contribution in [0, 0.1) is 5.82 Å². The first-order chi connectivity index (χ1) is 11.8. The standard InChI is InChI=1S/C18H29FN4O2.HI/c1-5-20-16(21-11-10-14-6-8-15(19)9-7-14)22-12-13-23-17(24)25-18(2,3)4;/h6-9H,5,10-13H2,1-4H3,(H,23,24)(H2,20,21,22);1H. The zero-order valence-corrected chi connectivity index (χ0v) is 18.2. The molecular weight excluding hydrogens is 450 g/mol. The number of carbonyl (C=O) groups excluding carboxylic acids is 1. The van der Waals surface area contributed by atoms with Gasteiger partial charge in [0.05, 0.1) is 0 Å². The maximum Gasteiger partial charge on any atom is 0.407 e. The average molecular weight is 480 g/mol. The Hall–Kier alpha value is -1.58. The van der Waals surface area contributed by atoms with Crippen LogP contribution in [-0.2, 0) is 11.2 Å². The van der Waals surface area contributed by atoms with Crippen LogP contribution in [0.25, 0.3) is 0 Å². The smallest absolute Gasteiger partial charge is 0.407 e. The molecule has 26 heavy (non-hydrogen) atoms. The van der Waals surface area contributed by atoms with Gasteiger partial charge in [-0.1, -0.05) is 12.1 Å². The summed E-state index contributed by atoms with van der Waals surface area (Å²) in [6, 6.07) is 6.42. The minimum atomic E-state index is -0.506. The molecule has 0 aromatic heterocycles. The van der Waals surface area contributed by atoms with Crippen LogP contribution in [0.3, 0.4) is 0 Å². The van der Waals surface area contributed by atoms with Crippen molar-refractivity contribution in [2.75, 3.05) is 26.2 Å². The van der Waals surface area contributed by atoms with Crippen molar-refractivity contribution in [1.29, 1.82) is 0 Å². The normalized spacial score (nSPS) is 11.3. The average Bonchev–Trinajstić information content (AvgIpc) is 2.51. The van der Waals surface area contributed by atoms with E-state index in [9.17, 15) is 9.18 Å². The summed E-state index contributed by atoms with van der Waals surface area (Å²) in [7, 11) is 0. The Kier molecular flexibility index (Phi) is 11.9. The summed E-state index contributed by atoms with van der Waals surface area (Å²) >= 11 is 0. The lowest BCUT2D eigenvalue weighted by Gasteiger charge is -2.19. The third-order valence-electron chi connectivity index (χ3n) is 3.01. The minimum Gasteiger partial charge on any atom is -0.444 e. The van der Waals surface area contributed by atoms with Crippen molar-refractivity contribution < 1.29 is 13.9 Å². The van der Waals surface area contributed by atoms with Crippen molar-refractivity contribution in [3.05, 3.63) is 35.6 Å². The number of benzene rings is 1. The van der Waals surface area contributed by atoms with Crippen LogP contribution in [0.15, 0.2) is 29.3 Å². The molecule has 0 atom stereocenters. The van der Waals surface area contributed by atoms with Gasteiger partial charge in [0.25, 0.3) is 0 Å². The highest BCUT2D eigenvalue weighted by atomic mass is 127. The molecule has 0 aliphatic carbocycles. The molecule has 0 aliphatic rings. The van der Waals surface area contributed by atoms with Crippen molar-refractivity contribution >= 4 is 36.0 Å². The number of guanidine groups is 1. The van der Waals surface area contributed by atoms with E-state index < -0.39 is 11.7 Å². The highest BCUT2D eigenvalue weighted by molar-refractivity contribution is 14.0. The lowest BCUT2D eigenvalue weighted by molar-refractivity contribution is 0.0529. The van der Waals surface area contributed by atoms with Gasteiger partial charge < -0.3 is 20.7 Å². The number of hydrogen-bond acceptors (Lipinski definition) is 3. The van der Waals surface area contributed by atoms with Gasteiger partial charge in [-0.15, -0.1) is 24.0 Å². The Balaban J connectivity index is 0.00000625. The number of ether oxygens (including phenoxy) is 1. The van der Waals surface area contributed by atoms with E-state index in [1.54, 1.807) is 12.1 Å². The molecule has 1 aromatic carbocycles. The van der Waals surface area contributed by atoms with Crippen LogP contribution in [0.4, 0.5) is 9.18 Å². The summed E-state index contributed by atoms with van der Waals surface area (Å²) < 4.78 is 18.0. The molecule has 148 valence electrons. The Morgan fingerprint density at radius 1 is 1.12 bits per heavy atom. The van der Waals surface area contributed by atoms with E-state index in [1.807, 2.05) is 27.7 Å². The van der Waals surface area contributed by atoms with Crippen LogP contribution < -0.4 is 16.0 Å². The number of hydrogen-bond donors (Lipinski definition) is 3. The maximum absolute atomic E-state index is 12.9. The zero-order valence-electron chi connectivity index (χ0n) is 15.9. The second-order valence-electron chi connectivity index (χ2n) is 6.49. The van der Waals surface area contributed by atoms with E-state index in [0.29, 0.717) is 25.6 Å². The van der Waals surface area contributed by atoms with Gasteiger partial charge in [-0.05, 0) is 51.8 Å². The topological polar surface area (TPSA) is 74.8 Å². The SMILES string of the molecule is CCNC(=NCCc1ccc(F)cc1)NCCNC(=O)OC(C)(C)C.I. The van der Waals surface area contributed by atoms with E-state index in [-0.39, 0.29) is 29.8 Å². The van der Waals surface area contributed by atoms with Gasteiger partial charge >= 0.3 is 6.09 Å². The predicted octanol–water partition coefficient (Wildman–Crippen LogP) is 3.07. The molecule has 3 N–H and O–H groups in total. The van der Waals surface area contributed by atoms with E-state index in [0.717, 1.165) is 18.5 Å². The first kappa shape index (κ1) is 24.4. The molecule has 0 fully saturated rings. The summed E-state index contributed by atoms with van der Waals surface area (Å²) in [4.78, 5) is 16.0. The number of rotatable bonds is 7. The fraction of sp³-hybridized carbons (Fsp3) is 0.556. The highest BCUT2D eigenvalue weighted by Gasteiger charge is 2.15. The molecule has 0 saturated carbocycles. The lowest BCUT2D eigenvalue weighted by Crippen LogP contribution is -2.42. The minimum absolute atomic E-state index is 0. The number of carbonyl (C=O) groups is 1. The Morgan fingerprint density at radius 2 is 1.73 bits per heavy atom. The van der Waals surface area contributed by atoms with Crippen LogP contribution in [0.1, 0.15) is 33.3 Å². The fourth-order valence-corrected chi connectivity index (χ4v) is 1.95. The first-order valence-corrected chi connectivity index (χ1v) is 8.53. The quantitative estimate of drug-likeness (QED) is 0.243. The predicted molar refractivity (Wildman–Crippen MR) is 114 cm³/mol. The molecule has 8 heteroatoms. The van der Waals surface area contributed by atoms with Crippen LogP contribution in [0.2, 0.25) is 0 Å². The monoisotopic (exact) mass is 480 g/mol. The van der Waals surface area contributed by atoms with Gasteiger partial charge in [0.1, 0.15) is 11.4 Å². The number of nitrogens with one attached hydrogen (secondary N) is 3. The van der Waals surface area contributed by atoms with Gasteiger partial charge in [0, 0.05) is 26.2 Å². The maximum atomic E-state index is 12.9. The molecule has 0 unspecified atom stereocenters. The van der Waals surface area contributed by atoms with Gasteiger partial charge in [-0.2, -0.15) is 0 Å². The Labute approximate surface area is 172 Å². The molecule has 0 saturated heterocycles. The van der Waals surface area contributed by atoms with Gasteiger partial charge in [0.2, 0.25) is 0 Å². The molecule has 0 heterocycles. The third-order valence-corrected chi connectivity index (χ3v) is 3.01. The van der Waals surface area contributed by atoms with Crippen LogP contribution >= 0.6 is 24.0 Å². The Morgan fingerprint density at radius 3 is 2.31 bits per heavy atom. The van der Waals surface area contributed by atoms with Crippen LogP contribution in [-0.4, -0.2) is 43.8 Å². The van der Waals surface area contributed by atoms with Gasteiger partial charge in [-0.25, -0.2) is 9.18 Å². The molecule has 1 amide bonds. The number of aliphatic imine (C=N–C) groups is 1. The lowest BCUT2D eigenvalue weighted by atomic mass is 10.1. The van der Waals surface area contributed by atoms with Crippen LogP contribution in [0.5, 0.6) is 0 Å². The summed E-state index contributed by atoms with van der Waals surface area (Å²) in [6.45, 7) is 9.73. The van der Waals surface area contributed by atoms with Crippen molar-refractivity contribution in [2.24, 2.45) is 4.99 Å². The van der Waals surface area contributed by atoms with E-state index in [1.165, 1.54) is 12.1 Å². The molecule has 6 nitrogen and oxygen atoms in total. The molecule has 1 rings (SSSR count). The summed E-state index contributed by atoms with van der Waals surface area (Å²) in [5.41, 5.74) is 0.529. The second-order valence-corrected chi connectivity index (χ2v) is 6.49. The molecular formula is C18H30FIN4O2. The summed E-state index contributed by atoms with van der Waals surface area (Å²) in [6.07, 6.45) is 0.292. The van der Waals surface area contributed by atoms with E-state index >= 15 is 0 Å². The number of alkyl carbamates (subject to hydrolysis) is 1. The summed E-state index contributed by atoms with van der Waals surface area (Å²) in [5.74, 6) is 0.440. The van der Waals surface area contributed by atoms with E-state index in [4.69, 9.17) is 4.74 Å². The van der Waals surface area contributed by atoms with Crippen molar-refractivity contribution in [2.45, 2.75) is 39.7 Å². The molecule has 1 aromatic rings. The molecule has 0 bridgehead atoms. The zero-order chi connectivity index (χ0) is 18.7. The van der Waals surface area contributed by atoms with Crippen molar-refractivity contribution in [3.63, 3.8) is 0 Å². The largest absolute Gasteiger partial charge is 0.444 e. The molecule has 0 aliphatic heterocycles. The number of nitrogens with zero attached hydrogens (tertiary/aromatic N) is 1. The van der Waals surface area contributed by atoms with Gasteiger partial charge in [-0.3, -0.25) is 4.99 Å². The Bertz CT molecular complexity index is 559. The van der Waals surface area contributed by atoms with Crippen molar-refractivity contribution in [1.82, 2.24) is 16.0 Å². The van der Waals surface area contributed by atoms with E-state index in [2.05, 4.69) is 20.9 Å². The second kappa shape index (κ2) is 12.7. The summed E-state index contributed by atoms with van der Waals surface area (Å²) in [5, 5.41) is 8.96. The molecule has 0 radical (unpaired) electrons.